The van der Waals surface area contributed by atoms with E-state index in [9.17, 15) is 4.79 Å². The minimum atomic E-state index is -0.527. The summed E-state index contributed by atoms with van der Waals surface area (Å²) in [5.41, 5.74) is 3.01. The summed E-state index contributed by atoms with van der Waals surface area (Å²) >= 11 is 0. The summed E-state index contributed by atoms with van der Waals surface area (Å²) in [6.07, 6.45) is -0.245. The van der Waals surface area contributed by atoms with Crippen molar-refractivity contribution in [3.63, 3.8) is 0 Å². The highest BCUT2D eigenvalue weighted by Crippen LogP contribution is 2.26. The Balaban J connectivity index is 1.80. The van der Waals surface area contributed by atoms with Crippen LogP contribution in [-0.2, 0) is 4.74 Å². The van der Waals surface area contributed by atoms with Gasteiger partial charge in [0.15, 0.2) is 0 Å². The van der Waals surface area contributed by atoms with Crippen LogP contribution in [0.1, 0.15) is 34.6 Å². The average molecular weight is 392 g/mol. The van der Waals surface area contributed by atoms with Gasteiger partial charge in [-0.2, -0.15) is 0 Å². The first-order valence-corrected chi connectivity index (χ1v) is 9.77. The summed E-state index contributed by atoms with van der Waals surface area (Å²) < 4.78 is 11.2. The van der Waals surface area contributed by atoms with Gasteiger partial charge in [-0.1, -0.05) is 18.2 Å². The van der Waals surface area contributed by atoms with Gasteiger partial charge in [-0.3, -0.25) is 4.90 Å². The molecule has 1 heterocycles. The van der Waals surface area contributed by atoms with Crippen LogP contribution >= 0.6 is 0 Å². The standard InChI is InChI=1S/C24H28N2O3/c1-16(2)28-20-12-14-22-18(15-20)9-13-21(25-22)17-7-10-19(11-8-17)26(6)23(27)29-24(3,4)5/h7-16H,1-6H3. The van der Waals surface area contributed by atoms with E-state index in [2.05, 4.69) is 0 Å². The van der Waals surface area contributed by atoms with Crippen molar-refractivity contribution >= 4 is 22.7 Å². The molecule has 0 aliphatic heterocycles. The molecule has 5 nitrogen and oxygen atoms in total. The van der Waals surface area contributed by atoms with E-state index in [0.29, 0.717) is 0 Å². The normalized spacial score (nSPS) is 11.6. The lowest BCUT2D eigenvalue weighted by Gasteiger charge is -2.24. The van der Waals surface area contributed by atoms with Gasteiger partial charge < -0.3 is 9.47 Å². The molecule has 3 rings (SSSR count). The number of nitrogens with zero attached hydrogens (tertiary/aromatic N) is 2. The molecule has 5 heteroatoms. The van der Waals surface area contributed by atoms with Crippen LogP contribution in [0.5, 0.6) is 5.75 Å². The van der Waals surface area contributed by atoms with Gasteiger partial charge in [-0.15, -0.1) is 0 Å². The predicted molar refractivity (Wildman–Crippen MR) is 118 cm³/mol. The second kappa shape index (κ2) is 8.11. The topological polar surface area (TPSA) is 51.7 Å². The zero-order valence-electron chi connectivity index (χ0n) is 17.9. The summed E-state index contributed by atoms with van der Waals surface area (Å²) in [6.45, 7) is 9.58. The average Bonchev–Trinajstić information content (AvgIpc) is 2.65. The summed E-state index contributed by atoms with van der Waals surface area (Å²) in [5.74, 6) is 0.844. The molecule has 1 aromatic heterocycles. The smallest absolute Gasteiger partial charge is 0.414 e. The van der Waals surface area contributed by atoms with Crippen molar-refractivity contribution in [2.45, 2.75) is 46.3 Å². The van der Waals surface area contributed by atoms with E-state index < -0.39 is 5.60 Å². The third kappa shape index (κ3) is 5.25. The van der Waals surface area contributed by atoms with Gasteiger partial charge >= 0.3 is 6.09 Å². The van der Waals surface area contributed by atoms with Gasteiger partial charge in [0, 0.05) is 23.7 Å². The van der Waals surface area contributed by atoms with E-state index in [4.69, 9.17) is 14.5 Å². The van der Waals surface area contributed by atoms with Crippen LogP contribution in [0.4, 0.5) is 10.5 Å². The number of aromatic nitrogens is 1. The van der Waals surface area contributed by atoms with Crippen molar-refractivity contribution in [2.24, 2.45) is 0 Å². The highest BCUT2D eigenvalue weighted by molar-refractivity contribution is 5.88. The fourth-order valence-corrected chi connectivity index (χ4v) is 2.90. The quantitative estimate of drug-likeness (QED) is 0.541. The van der Waals surface area contributed by atoms with Crippen LogP contribution in [0.3, 0.4) is 0 Å². The van der Waals surface area contributed by atoms with Crippen molar-refractivity contribution < 1.29 is 14.3 Å². The summed E-state index contributed by atoms with van der Waals surface area (Å²) in [4.78, 5) is 18.5. The highest BCUT2D eigenvalue weighted by atomic mass is 16.6. The Morgan fingerprint density at radius 2 is 1.69 bits per heavy atom. The monoisotopic (exact) mass is 392 g/mol. The number of hydrogen-bond acceptors (Lipinski definition) is 4. The number of pyridine rings is 1. The molecule has 0 N–H and O–H groups in total. The van der Waals surface area contributed by atoms with Crippen molar-refractivity contribution in [2.75, 3.05) is 11.9 Å². The summed E-state index contributed by atoms with van der Waals surface area (Å²) in [5, 5.41) is 1.04. The lowest BCUT2D eigenvalue weighted by molar-refractivity contribution is 0.0589. The molecule has 0 saturated carbocycles. The second-order valence-corrected chi connectivity index (χ2v) is 8.30. The van der Waals surface area contributed by atoms with Crippen LogP contribution in [0.2, 0.25) is 0 Å². The first kappa shape index (κ1) is 20.6. The Hall–Kier alpha value is -3.08. The molecule has 0 spiro atoms. The molecule has 2 aromatic carbocycles. The van der Waals surface area contributed by atoms with Gasteiger partial charge in [0.25, 0.3) is 0 Å². The third-order valence-corrected chi connectivity index (χ3v) is 4.25. The molecule has 0 radical (unpaired) electrons. The molecular weight excluding hydrogens is 364 g/mol. The SMILES string of the molecule is CC(C)Oc1ccc2nc(-c3ccc(N(C)C(=O)OC(C)(C)C)cc3)ccc2c1. The van der Waals surface area contributed by atoms with Crippen molar-refractivity contribution in [1.29, 1.82) is 0 Å². The largest absolute Gasteiger partial charge is 0.491 e. The maximum Gasteiger partial charge on any atom is 0.414 e. The van der Waals surface area contributed by atoms with Crippen LogP contribution in [0, 0.1) is 0 Å². The molecule has 0 aliphatic rings. The number of ether oxygens (including phenoxy) is 2. The van der Waals surface area contributed by atoms with E-state index in [0.717, 1.165) is 33.6 Å². The van der Waals surface area contributed by atoms with Crippen LogP contribution in [0.25, 0.3) is 22.2 Å². The molecule has 152 valence electrons. The molecule has 0 bridgehead atoms. The van der Waals surface area contributed by atoms with Gasteiger partial charge in [-0.25, -0.2) is 9.78 Å². The Kier molecular flexibility index (Phi) is 5.78. The number of rotatable bonds is 4. The van der Waals surface area contributed by atoms with E-state index in [1.54, 1.807) is 7.05 Å². The Bertz CT molecular complexity index is 1000. The molecule has 0 atom stereocenters. The number of anilines is 1. The van der Waals surface area contributed by atoms with Gasteiger partial charge in [0.1, 0.15) is 11.4 Å². The van der Waals surface area contributed by atoms with E-state index in [1.165, 1.54) is 4.90 Å². The van der Waals surface area contributed by atoms with Gasteiger partial charge in [-0.05, 0) is 71.0 Å². The summed E-state index contributed by atoms with van der Waals surface area (Å²) in [6, 6.07) is 17.7. The fraction of sp³-hybridized carbons (Fsp3) is 0.333. The van der Waals surface area contributed by atoms with Crippen molar-refractivity contribution in [3.05, 3.63) is 54.6 Å². The highest BCUT2D eigenvalue weighted by Gasteiger charge is 2.20. The minimum Gasteiger partial charge on any atom is -0.491 e. The fourth-order valence-electron chi connectivity index (χ4n) is 2.90. The number of fused-ring (bicyclic) bond motifs is 1. The molecule has 29 heavy (non-hydrogen) atoms. The molecule has 0 fully saturated rings. The Labute approximate surface area is 172 Å². The van der Waals surface area contributed by atoms with Crippen LogP contribution in [-0.4, -0.2) is 29.8 Å². The number of carbonyl (C=O) groups excluding carboxylic acids is 1. The second-order valence-electron chi connectivity index (χ2n) is 8.30. The lowest BCUT2D eigenvalue weighted by atomic mass is 10.1. The zero-order chi connectivity index (χ0) is 21.2. The molecule has 0 saturated heterocycles. The molecular formula is C24H28N2O3. The molecule has 0 unspecified atom stereocenters. The number of carbonyl (C=O) groups is 1. The molecule has 0 aliphatic carbocycles. The molecule has 1 amide bonds. The van der Waals surface area contributed by atoms with Crippen LogP contribution < -0.4 is 9.64 Å². The number of hydrogen-bond donors (Lipinski definition) is 0. The first-order valence-electron chi connectivity index (χ1n) is 9.77. The maximum atomic E-state index is 12.2. The van der Waals surface area contributed by atoms with E-state index in [-0.39, 0.29) is 12.2 Å². The third-order valence-electron chi connectivity index (χ3n) is 4.25. The molecule has 3 aromatic rings. The maximum absolute atomic E-state index is 12.2. The van der Waals surface area contributed by atoms with Crippen molar-refractivity contribution in [3.8, 4) is 17.0 Å². The summed E-state index contributed by atoms with van der Waals surface area (Å²) in [7, 11) is 1.70. The first-order chi connectivity index (χ1) is 13.6. The zero-order valence-corrected chi connectivity index (χ0v) is 17.9. The minimum absolute atomic E-state index is 0.136. The lowest BCUT2D eigenvalue weighted by Crippen LogP contribution is -2.34. The van der Waals surface area contributed by atoms with Gasteiger partial charge in [0.2, 0.25) is 0 Å². The van der Waals surface area contributed by atoms with E-state index in [1.807, 2.05) is 89.2 Å². The van der Waals surface area contributed by atoms with Gasteiger partial charge in [0.05, 0.1) is 17.3 Å². The van der Waals surface area contributed by atoms with E-state index >= 15 is 0 Å². The predicted octanol–water partition coefficient (Wildman–Crippen LogP) is 6.06. The Morgan fingerprint density at radius 3 is 2.31 bits per heavy atom. The Morgan fingerprint density at radius 1 is 1.00 bits per heavy atom. The van der Waals surface area contributed by atoms with Crippen molar-refractivity contribution in [1.82, 2.24) is 4.98 Å². The number of benzene rings is 2. The number of amides is 1. The van der Waals surface area contributed by atoms with Crippen LogP contribution in [0.15, 0.2) is 54.6 Å².